The van der Waals surface area contributed by atoms with Gasteiger partial charge >= 0.3 is 0 Å². The Hall–Kier alpha value is -1.88. The third kappa shape index (κ3) is 5.30. The zero-order valence-electron chi connectivity index (χ0n) is 16.1. The minimum atomic E-state index is -0.200. The molecule has 1 aliphatic rings. The van der Waals surface area contributed by atoms with Crippen molar-refractivity contribution >= 4 is 17.5 Å². The van der Waals surface area contributed by atoms with Crippen LogP contribution >= 0.6 is 0 Å². The maximum absolute atomic E-state index is 12.5. The lowest BCUT2D eigenvalue weighted by Gasteiger charge is -2.16. The second-order valence-electron chi connectivity index (χ2n) is 7.58. The lowest BCUT2D eigenvalue weighted by atomic mass is 9.98. The lowest BCUT2D eigenvalue weighted by Crippen LogP contribution is -2.30. The molecule has 1 aliphatic carbocycles. The van der Waals surface area contributed by atoms with Gasteiger partial charge in [0.2, 0.25) is 11.8 Å². The Morgan fingerprint density at radius 1 is 1.20 bits per heavy atom. The predicted molar refractivity (Wildman–Crippen MR) is 102 cm³/mol. The Morgan fingerprint density at radius 3 is 2.52 bits per heavy atom. The van der Waals surface area contributed by atoms with E-state index in [1.807, 2.05) is 33.2 Å². The first-order chi connectivity index (χ1) is 11.8. The molecule has 5 nitrogen and oxygen atoms in total. The summed E-state index contributed by atoms with van der Waals surface area (Å²) in [6.07, 6.45) is 1.57. The van der Waals surface area contributed by atoms with E-state index < -0.39 is 0 Å². The monoisotopic (exact) mass is 345 g/mol. The summed E-state index contributed by atoms with van der Waals surface area (Å²) < 4.78 is 0. The smallest absolute Gasteiger partial charge is 0.228 e. The number of hydrogen-bond donors (Lipinski definition) is 2. The summed E-state index contributed by atoms with van der Waals surface area (Å²) in [6.45, 7) is 7.84. The van der Waals surface area contributed by atoms with E-state index in [1.165, 1.54) is 0 Å². The van der Waals surface area contributed by atoms with Crippen LogP contribution in [0, 0.1) is 18.8 Å². The van der Waals surface area contributed by atoms with E-state index in [1.54, 1.807) is 0 Å². The van der Waals surface area contributed by atoms with Crippen LogP contribution in [-0.2, 0) is 9.59 Å². The van der Waals surface area contributed by atoms with Crippen molar-refractivity contribution in [3.63, 3.8) is 0 Å². The topological polar surface area (TPSA) is 61.4 Å². The number of anilines is 1. The summed E-state index contributed by atoms with van der Waals surface area (Å²) in [5.41, 5.74) is 3.10. The van der Waals surface area contributed by atoms with E-state index in [9.17, 15) is 9.59 Å². The number of carbonyl (C=O) groups is 2. The third-order valence-corrected chi connectivity index (χ3v) is 4.72. The number of nitrogens with zero attached hydrogens (tertiary/aromatic N) is 1. The van der Waals surface area contributed by atoms with Crippen LogP contribution in [0.2, 0.25) is 0 Å². The van der Waals surface area contributed by atoms with E-state index >= 15 is 0 Å². The Morgan fingerprint density at radius 2 is 1.88 bits per heavy atom. The first-order valence-corrected chi connectivity index (χ1v) is 9.14. The SMILES string of the molecule is Cc1cccc(C(C)C)c1NC(=O)C1CC1C(=O)NCCCN(C)C. The molecule has 25 heavy (non-hydrogen) atoms. The second kappa shape index (κ2) is 8.48. The number of amides is 2. The van der Waals surface area contributed by atoms with E-state index in [4.69, 9.17) is 0 Å². The van der Waals surface area contributed by atoms with E-state index in [2.05, 4.69) is 35.4 Å². The van der Waals surface area contributed by atoms with Crippen LogP contribution in [0.1, 0.15) is 43.7 Å². The molecule has 1 saturated carbocycles. The van der Waals surface area contributed by atoms with Crippen molar-refractivity contribution in [2.45, 2.75) is 39.5 Å². The summed E-state index contributed by atoms with van der Waals surface area (Å²) in [5.74, 6) is -0.0676. The van der Waals surface area contributed by atoms with Gasteiger partial charge in [-0.3, -0.25) is 9.59 Å². The number of nitrogens with one attached hydrogen (secondary N) is 2. The van der Waals surface area contributed by atoms with Crippen molar-refractivity contribution < 1.29 is 9.59 Å². The molecule has 0 heterocycles. The van der Waals surface area contributed by atoms with E-state index in [0.29, 0.717) is 18.9 Å². The molecular weight excluding hydrogens is 314 g/mol. The van der Waals surface area contributed by atoms with Gasteiger partial charge in [-0.2, -0.15) is 0 Å². The molecule has 2 N–H and O–H groups in total. The van der Waals surface area contributed by atoms with Gasteiger partial charge in [-0.05, 0) is 57.5 Å². The van der Waals surface area contributed by atoms with Gasteiger partial charge in [0.25, 0.3) is 0 Å². The molecule has 0 aliphatic heterocycles. The molecule has 0 spiro atoms. The first-order valence-electron chi connectivity index (χ1n) is 9.14. The Labute approximate surface area is 151 Å². The Kier molecular flexibility index (Phi) is 6.59. The van der Waals surface area contributed by atoms with Crippen LogP contribution < -0.4 is 10.6 Å². The molecule has 2 unspecified atom stereocenters. The molecule has 2 amide bonds. The van der Waals surface area contributed by atoms with Crippen LogP contribution in [-0.4, -0.2) is 43.9 Å². The van der Waals surface area contributed by atoms with Crippen molar-refractivity contribution in [2.24, 2.45) is 11.8 Å². The number of hydrogen-bond acceptors (Lipinski definition) is 3. The fraction of sp³-hybridized carbons (Fsp3) is 0.600. The molecule has 0 radical (unpaired) electrons. The van der Waals surface area contributed by atoms with Crippen molar-refractivity contribution in [2.75, 3.05) is 32.5 Å². The highest BCUT2D eigenvalue weighted by molar-refractivity contribution is 6.00. The van der Waals surface area contributed by atoms with Crippen molar-refractivity contribution in [1.29, 1.82) is 0 Å². The summed E-state index contributed by atoms with van der Waals surface area (Å²) in [4.78, 5) is 26.8. The maximum atomic E-state index is 12.5. The second-order valence-corrected chi connectivity index (χ2v) is 7.58. The van der Waals surface area contributed by atoms with Crippen molar-refractivity contribution in [3.05, 3.63) is 29.3 Å². The number of benzene rings is 1. The lowest BCUT2D eigenvalue weighted by molar-refractivity contribution is -0.125. The van der Waals surface area contributed by atoms with Crippen molar-refractivity contribution in [3.8, 4) is 0 Å². The third-order valence-electron chi connectivity index (χ3n) is 4.72. The van der Waals surface area contributed by atoms with Gasteiger partial charge in [-0.1, -0.05) is 32.0 Å². The summed E-state index contributed by atoms with van der Waals surface area (Å²) in [7, 11) is 4.03. The minimum absolute atomic E-state index is 0.00720. The van der Waals surface area contributed by atoms with E-state index in [-0.39, 0.29) is 23.7 Å². The Bertz CT molecular complexity index is 625. The van der Waals surface area contributed by atoms with Crippen LogP contribution in [0.15, 0.2) is 18.2 Å². The fourth-order valence-corrected chi connectivity index (χ4v) is 3.07. The van der Waals surface area contributed by atoms with Crippen LogP contribution in [0.5, 0.6) is 0 Å². The number of para-hydroxylation sites is 1. The standard InChI is InChI=1S/C20H31N3O2/c1-13(2)15-9-6-8-14(3)18(15)22-20(25)17-12-16(17)19(24)21-10-7-11-23(4)5/h6,8-9,13,16-17H,7,10-12H2,1-5H3,(H,21,24)(H,22,25). The van der Waals surface area contributed by atoms with Crippen LogP contribution in [0.4, 0.5) is 5.69 Å². The van der Waals surface area contributed by atoms with Crippen molar-refractivity contribution in [1.82, 2.24) is 10.2 Å². The largest absolute Gasteiger partial charge is 0.356 e. The molecule has 1 fully saturated rings. The van der Waals surface area contributed by atoms with Gasteiger partial charge in [0.15, 0.2) is 0 Å². The number of carbonyl (C=O) groups excluding carboxylic acids is 2. The molecule has 5 heteroatoms. The molecule has 0 aromatic heterocycles. The van der Waals surface area contributed by atoms with Gasteiger partial charge in [0.1, 0.15) is 0 Å². The summed E-state index contributed by atoms with van der Waals surface area (Å²) >= 11 is 0. The average Bonchev–Trinajstić information content (AvgIpc) is 3.33. The molecule has 1 aromatic rings. The van der Waals surface area contributed by atoms with Gasteiger partial charge in [0.05, 0.1) is 11.8 Å². The molecule has 2 atom stereocenters. The van der Waals surface area contributed by atoms with Gasteiger partial charge < -0.3 is 15.5 Å². The van der Waals surface area contributed by atoms with Crippen LogP contribution in [0.3, 0.4) is 0 Å². The molecule has 2 rings (SSSR count). The van der Waals surface area contributed by atoms with Gasteiger partial charge in [0, 0.05) is 12.2 Å². The molecule has 1 aromatic carbocycles. The highest BCUT2D eigenvalue weighted by atomic mass is 16.2. The average molecular weight is 345 g/mol. The fourth-order valence-electron chi connectivity index (χ4n) is 3.07. The maximum Gasteiger partial charge on any atom is 0.228 e. The quantitative estimate of drug-likeness (QED) is 0.712. The van der Waals surface area contributed by atoms with Crippen LogP contribution in [0.25, 0.3) is 0 Å². The predicted octanol–water partition coefficient (Wildman–Crippen LogP) is 2.76. The summed E-state index contributed by atoms with van der Waals surface area (Å²) in [6, 6.07) is 6.07. The minimum Gasteiger partial charge on any atom is -0.356 e. The Balaban J connectivity index is 1.87. The molecule has 0 bridgehead atoms. The number of aryl methyl sites for hydroxylation is 1. The normalized spacial score (nSPS) is 19.2. The zero-order chi connectivity index (χ0) is 18.6. The molecule has 138 valence electrons. The van der Waals surface area contributed by atoms with Gasteiger partial charge in [-0.25, -0.2) is 0 Å². The zero-order valence-corrected chi connectivity index (χ0v) is 16.1. The first kappa shape index (κ1) is 19.4. The highest BCUT2D eigenvalue weighted by Crippen LogP contribution is 2.40. The summed E-state index contributed by atoms with van der Waals surface area (Å²) in [5, 5.41) is 6.01. The molecule has 0 saturated heterocycles. The highest BCUT2D eigenvalue weighted by Gasteiger charge is 2.48. The van der Waals surface area contributed by atoms with Gasteiger partial charge in [-0.15, -0.1) is 0 Å². The van der Waals surface area contributed by atoms with E-state index in [0.717, 1.165) is 29.8 Å². The molecular formula is C20H31N3O2. The number of rotatable bonds is 8.